The fraction of sp³-hybridized carbons (Fsp3) is 0.158. The summed E-state index contributed by atoms with van der Waals surface area (Å²) in [5.74, 6) is -0.886. The van der Waals surface area contributed by atoms with E-state index in [1.54, 1.807) is 6.07 Å². The third kappa shape index (κ3) is 3.68. The minimum atomic E-state index is -0.886. The molecule has 7 nitrogen and oxygen atoms in total. The zero-order valence-electron chi connectivity index (χ0n) is 14.4. The van der Waals surface area contributed by atoms with Crippen molar-refractivity contribution in [2.45, 2.75) is 20.5 Å². The topological polar surface area (TPSA) is 99.6 Å². The fourth-order valence-electron chi connectivity index (χ4n) is 2.69. The highest BCUT2D eigenvalue weighted by Crippen LogP contribution is 2.26. The first kappa shape index (κ1) is 18.6. The number of rotatable bonds is 4. The lowest BCUT2D eigenvalue weighted by Gasteiger charge is -2.10. The van der Waals surface area contributed by atoms with Crippen LogP contribution in [-0.4, -0.2) is 10.9 Å². The summed E-state index contributed by atoms with van der Waals surface area (Å²) in [4.78, 5) is 34.6. The van der Waals surface area contributed by atoms with Gasteiger partial charge in [-0.2, -0.15) is 0 Å². The number of nitro groups is 1. The molecule has 0 unspecified atom stereocenters. The molecule has 0 N–H and O–H groups in total. The Balaban J connectivity index is 1.94. The number of benzene rings is 2. The third-order valence-corrected chi connectivity index (χ3v) is 4.49. The summed E-state index contributed by atoms with van der Waals surface area (Å²) in [6.45, 7) is 3.48. The van der Waals surface area contributed by atoms with Crippen LogP contribution in [0.3, 0.4) is 0 Å². The number of carbonyl (C=O) groups excluding carboxylic acids is 1. The molecule has 0 aliphatic carbocycles. The summed E-state index contributed by atoms with van der Waals surface area (Å²) in [7, 11) is 0. The molecule has 0 atom stereocenters. The highest BCUT2D eigenvalue weighted by Gasteiger charge is 2.22. The van der Waals surface area contributed by atoms with Crippen molar-refractivity contribution in [3.63, 3.8) is 0 Å². The van der Waals surface area contributed by atoms with Gasteiger partial charge in [-0.25, -0.2) is 9.59 Å². The molecule has 27 heavy (non-hydrogen) atoms. The number of hydrogen-bond donors (Lipinski definition) is 0. The van der Waals surface area contributed by atoms with Gasteiger partial charge in [-0.1, -0.05) is 23.7 Å². The molecule has 0 spiro atoms. The number of ether oxygens (including phenoxy) is 1. The number of halogens is 1. The van der Waals surface area contributed by atoms with Crippen molar-refractivity contribution in [3.8, 4) is 0 Å². The molecular weight excluding hydrogens is 374 g/mol. The Hall–Kier alpha value is -3.19. The van der Waals surface area contributed by atoms with E-state index in [0.29, 0.717) is 16.5 Å². The fourth-order valence-corrected chi connectivity index (χ4v) is 2.86. The van der Waals surface area contributed by atoms with Gasteiger partial charge in [0.05, 0.1) is 4.92 Å². The third-order valence-electron chi connectivity index (χ3n) is 4.25. The van der Waals surface area contributed by atoms with Gasteiger partial charge in [0, 0.05) is 28.1 Å². The van der Waals surface area contributed by atoms with Gasteiger partial charge >= 0.3 is 11.6 Å². The first-order valence-electron chi connectivity index (χ1n) is 7.92. The largest absolute Gasteiger partial charge is 0.457 e. The van der Waals surface area contributed by atoms with Crippen LogP contribution in [-0.2, 0) is 11.3 Å². The average Bonchev–Trinajstić information content (AvgIpc) is 2.62. The van der Waals surface area contributed by atoms with Crippen molar-refractivity contribution in [2.24, 2.45) is 0 Å². The van der Waals surface area contributed by atoms with Crippen LogP contribution in [0.15, 0.2) is 45.6 Å². The normalized spacial score (nSPS) is 10.8. The van der Waals surface area contributed by atoms with Crippen LogP contribution in [0.25, 0.3) is 11.0 Å². The molecule has 1 aromatic heterocycles. The van der Waals surface area contributed by atoms with Crippen LogP contribution in [0.2, 0.25) is 5.02 Å². The second-order valence-electron chi connectivity index (χ2n) is 5.97. The van der Waals surface area contributed by atoms with Crippen molar-refractivity contribution < 1.29 is 18.9 Å². The van der Waals surface area contributed by atoms with Gasteiger partial charge in [-0.05, 0) is 37.1 Å². The Kier molecular flexibility index (Phi) is 4.96. The maximum absolute atomic E-state index is 12.3. The number of nitro benzene ring substituents is 1. The molecule has 0 bridgehead atoms. The van der Waals surface area contributed by atoms with Crippen molar-refractivity contribution in [2.75, 3.05) is 0 Å². The number of aryl methyl sites for hydroxylation is 2. The molecule has 8 heteroatoms. The molecule has 0 saturated carbocycles. The number of carbonyl (C=O) groups is 1. The van der Waals surface area contributed by atoms with Gasteiger partial charge in [-0.3, -0.25) is 10.1 Å². The van der Waals surface area contributed by atoms with E-state index in [0.717, 1.165) is 17.2 Å². The number of esters is 1. The summed E-state index contributed by atoms with van der Waals surface area (Å²) in [5, 5.41) is 11.9. The molecule has 138 valence electrons. The average molecular weight is 388 g/mol. The lowest BCUT2D eigenvalue weighted by Crippen LogP contribution is -2.10. The van der Waals surface area contributed by atoms with E-state index >= 15 is 0 Å². The lowest BCUT2D eigenvalue weighted by atomic mass is 10.0. The summed E-state index contributed by atoms with van der Waals surface area (Å²) in [6.07, 6.45) is 0. The highest BCUT2D eigenvalue weighted by molar-refractivity contribution is 6.31. The monoisotopic (exact) mass is 387 g/mol. The van der Waals surface area contributed by atoms with E-state index in [1.165, 1.54) is 18.2 Å². The molecule has 0 fully saturated rings. The van der Waals surface area contributed by atoms with Gasteiger partial charge in [0.1, 0.15) is 17.8 Å². The van der Waals surface area contributed by atoms with Crippen LogP contribution in [0, 0.1) is 24.0 Å². The Morgan fingerprint density at radius 2 is 1.96 bits per heavy atom. The Bertz CT molecular complexity index is 1130. The molecular formula is C19H14ClNO6. The minimum absolute atomic E-state index is 0.135. The highest BCUT2D eigenvalue weighted by atomic mass is 35.5. The van der Waals surface area contributed by atoms with Crippen molar-refractivity contribution in [1.29, 1.82) is 0 Å². The first-order valence-corrected chi connectivity index (χ1v) is 8.29. The van der Waals surface area contributed by atoms with Crippen molar-refractivity contribution in [3.05, 3.63) is 84.2 Å². The van der Waals surface area contributed by atoms with Crippen LogP contribution >= 0.6 is 11.6 Å². The molecule has 0 aliphatic rings. The van der Waals surface area contributed by atoms with Gasteiger partial charge in [0.25, 0.3) is 5.69 Å². The molecule has 0 radical (unpaired) electrons. The number of nitrogens with zero attached hydrogens (tertiary/aromatic N) is 1. The summed E-state index contributed by atoms with van der Waals surface area (Å²) >= 11 is 5.75. The second kappa shape index (κ2) is 7.20. The van der Waals surface area contributed by atoms with Gasteiger partial charge in [0.2, 0.25) is 0 Å². The molecule has 1 heterocycles. The zero-order valence-corrected chi connectivity index (χ0v) is 15.2. The molecule has 3 rings (SSSR count). The van der Waals surface area contributed by atoms with E-state index in [1.807, 2.05) is 19.9 Å². The van der Waals surface area contributed by atoms with Crippen LogP contribution in [0.1, 0.15) is 27.0 Å². The first-order chi connectivity index (χ1) is 12.8. The van der Waals surface area contributed by atoms with E-state index in [2.05, 4.69) is 0 Å². The SMILES string of the molecule is Cc1ccc2c(COC(=O)c3ccc(Cl)cc3[N+](=O)[O-])cc(=O)oc2c1C. The van der Waals surface area contributed by atoms with E-state index in [-0.39, 0.29) is 17.2 Å². The van der Waals surface area contributed by atoms with E-state index in [9.17, 15) is 19.7 Å². The van der Waals surface area contributed by atoms with Crippen LogP contribution in [0.4, 0.5) is 5.69 Å². The van der Waals surface area contributed by atoms with E-state index in [4.69, 9.17) is 20.8 Å². The molecule has 0 aliphatic heterocycles. The van der Waals surface area contributed by atoms with Gasteiger partial charge in [0.15, 0.2) is 0 Å². The Morgan fingerprint density at radius 1 is 1.22 bits per heavy atom. The Labute approximate surface area is 158 Å². The Morgan fingerprint density at radius 3 is 2.67 bits per heavy atom. The predicted octanol–water partition coefficient (Wildman–Crippen LogP) is 4.33. The lowest BCUT2D eigenvalue weighted by molar-refractivity contribution is -0.385. The predicted molar refractivity (Wildman–Crippen MR) is 99.2 cm³/mol. The molecule has 0 amide bonds. The van der Waals surface area contributed by atoms with Gasteiger partial charge in [-0.15, -0.1) is 0 Å². The summed E-state index contributed by atoms with van der Waals surface area (Å²) in [6, 6.07) is 8.55. The molecule has 2 aromatic carbocycles. The van der Waals surface area contributed by atoms with Crippen LogP contribution < -0.4 is 5.63 Å². The van der Waals surface area contributed by atoms with E-state index < -0.39 is 22.2 Å². The van der Waals surface area contributed by atoms with Gasteiger partial charge < -0.3 is 9.15 Å². The minimum Gasteiger partial charge on any atom is -0.457 e. The zero-order chi connectivity index (χ0) is 19.7. The summed E-state index contributed by atoms with van der Waals surface area (Å²) < 4.78 is 10.5. The maximum Gasteiger partial charge on any atom is 0.345 e. The smallest absolute Gasteiger partial charge is 0.345 e. The number of hydrogen-bond acceptors (Lipinski definition) is 6. The van der Waals surface area contributed by atoms with Crippen molar-refractivity contribution >= 4 is 34.2 Å². The second-order valence-corrected chi connectivity index (χ2v) is 6.41. The number of fused-ring (bicyclic) bond motifs is 1. The quantitative estimate of drug-likeness (QED) is 0.286. The molecule has 0 saturated heterocycles. The van der Waals surface area contributed by atoms with Crippen LogP contribution in [0.5, 0.6) is 0 Å². The molecule has 3 aromatic rings. The maximum atomic E-state index is 12.3. The standard InChI is InChI=1S/C19H14ClNO6/c1-10-3-5-14-12(7-17(22)27-18(14)11(10)2)9-26-19(23)15-6-4-13(20)8-16(15)21(24)25/h3-8H,9H2,1-2H3. The van der Waals surface area contributed by atoms with Crippen molar-refractivity contribution in [1.82, 2.24) is 0 Å². The summed E-state index contributed by atoms with van der Waals surface area (Å²) in [5.41, 5.74) is 1.41.